The van der Waals surface area contributed by atoms with Crippen LogP contribution in [0, 0.1) is 0 Å². The van der Waals surface area contributed by atoms with Gasteiger partial charge in [-0.1, -0.05) is 11.8 Å². The summed E-state index contributed by atoms with van der Waals surface area (Å²) < 4.78 is 4.59. The fraction of sp³-hybridized carbons (Fsp3) is 0.300. The average Bonchev–Trinajstić information content (AvgIpc) is 2.66. The summed E-state index contributed by atoms with van der Waals surface area (Å²) in [6.45, 7) is 0.444. The third kappa shape index (κ3) is 2.51. The van der Waals surface area contributed by atoms with E-state index in [2.05, 4.69) is 10.2 Å². The molecule has 0 radical (unpaired) electrons. The first-order chi connectivity index (χ1) is 8.65. The molecule has 0 fully saturated rings. The predicted octanol–water partition coefficient (Wildman–Crippen LogP) is 0.395. The SMILES string of the molecule is NNC1Sc2cc(OC(=O)O)ccc2N1CCO. The average molecular weight is 271 g/mol. The van der Waals surface area contributed by atoms with Gasteiger partial charge in [0, 0.05) is 11.4 Å². The number of hydrazine groups is 1. The van der Waals surface area contributed by atoms with E-state index in [1.165, 1.54) is 11.8 Å². The van der Waals surface area contributed by atoms with Gasteiger partial charge < -0.3 is 19.8 Å². The van der Waals surface area contributed by atoms with Crippen LogP contribution in [0.4, 0.5) is 10.5 Å². The highest BCUT2D eigenvalue weighted by molar-refractivity contribution is 8.00. The Kier molecular flexibility index (Phi) is 3.92. The monoisotopic (exact) mass is 271 g/mol. The second kappa shape index (κ2) is 5.44. The third-order valence-corrected chi connectivity index (χ3v) is 3.65. The maximum Gasteiger partial charge on any atom is 0.511 e. The van der Waals surface area contributed by atoms with Gasteiger partial charge in [-0.15, -0.1) is 0 Å². The number of rotatable bonds is 4. The van der Waals surface area contributed by atoms with E-state index in [-0.39, 0.29) is 17.9 Å². The van der Waals surface area contributed by atoms with Crippen LogP contribution in [0.25, 0.3) is 0 Å². The summed E-state index contributed by atoms with van der Waals surface area (Å²) in [5.41, 5.74) is 3.32. The molecule has 1 aromatic rings. The van der Waals surface area contributed by atoms with Gasteiger partial charge in [-0.05, 0) is 18.2 Å². The Morgan fingerprint density at radius 3 is 3.00 bits per heavy atom. The lowest BCUT2D eigenvalue weighted by Gasteiger charge is -2.24. The molecule has 2 rings (SSSR count). The van der Waals surface area contributed by atoms with Crippen molar-refractivity contribution in [1.29, 1.82) is 0 Å². The summed E-state index contributed by atoms with van der Waals surface area (Å²) in [6.07, 6.45) is -1.35. The van der Waals surface area contributed by atoms with Crippen LogP contribution in [0.2, 0.25) is 0 Å². The minimum absolute atomic E-state index is 0.00551. The first kappa shape index (κ1) is 13.0. The van der Waals surface area contributed by atoms with Crippen LogP contribution in [-0.4, -0.2) is 35.0 Å². The maximum atomic E-state index is 10.5. The molecule has 0 saturated carbocycles. The lowest BCUT2D eigenvalue weighted by atomic mass is 10.3. The van der Waals surface area contributed by atoms with Gasteiger partial charge in [0.15, 0.2) is 0 Å². The van der Waals surface area contributed by atoms with Gasteiger partial charge in [-0.3, -0.25) is 5.84 Å². The number of hydrogen-bond acceptors (Lipinski definition) is 7. The lowest BCUT2D eigenvalue weighted by molar-refractivity contribution is 0.144. The Hall–Kier alpha value is -1.48. The zero-order valence-electron chi connectivity index (χ0n) is 9.37. The maximum absolute atomic E-state index is 10.5. The Bertz CT molecular complexity index is 457. The van der Waals surface area contributed by atoms with Crippen LogP contribution in [0.15, 0.2) is 23.1 Å². The summed E-state index contributed by atoms with van der Waals surface area (Å²) in [4.78, 5) is 13.2. The number of hydrogen-bond donors (Lipinski definition) is 4. The molecule has 1 aromatic carbocycles. The molecule has 1 heterocycles. The number of benzene rings is 1. The van der Waals surface area contributed by atoms with Crippen molar-refractivity contribution in [3.8, 4) is 5.75 Å². The van der Waals surface area contributed by atoms with Crippen molar-refractivity contribution >= 4 is 23.6 Å². The van der Waals surface area contributed by atoms with E-state index < -0.39 is 6.16 Å². The summed E-state index contributed by atoms with van der Waals surface area (Å²) in [5.74, 6) is 5.69. The van der Waals surface area contributed by atoms with Crippen LogP contribution < -0.4 is 20.9 Å². The van der Waals surface area contributed by atoms with Crippen LogP contribution in [0.3, 0.4) is 0 Å². The second-order valence-electron chi connectivity index (χ2n) is 3.55. The van der Waals surface area contributed by atoms with Crippen LogP contribution in [0.5, 0.6) is 5.75 Å². The first-order valence-corrected chi connectivity index (χ1v) is 6.09. The first-order valence-electron chi connectivity index (χ1n) is 5.21. The van der Waals surface area contributed by atoms with Crippen LogP contribution in [0.1, 0.15) is 0 Å². The smallest absolute Gasteiger partial charge is 0.449 e. The van der Waals surface area contributed by atoms with E-state index in [4.69, 9.17) is 16.1 Å². The molecule has 0 amide bonds. The fourth-order valence-corrected chi connectivity index (χ4v) is 2.92. The normalized spacial score (nSPS) is 17.7. The number of fused-ring (bicyclic) bond motifs is 1. The molecule has 1 unspecified atom stereocenters. The van der Waals surface area contributed by atoms with E-state index in [1.54, 1.807) is 18.2 Å². The molecular weight excluding hydrogens is 258 g/mol. The van der Waals surface area contributed by atoms with Gasteiger partial charge in [0.05, 0.1) is 12.3 Å². The Morgan fingerprint density at radius 1 is 1.61 bits per heavy atom. The highest BCUT2D eigenvalue weighted by atomic mass is 32.2. The summed E-state index contributed by atoms with van der Waals surface area (Å²) in [5, 5.41) is 17.6. The molecule has 1 atom stereocenters. The summed E-state index contributed by atoms with van der Waals surface area (Å²) in [7, 11) is 0. The molecular formula is C10H13N3O4S. The molecule has 18 heavy (non-hydrogen) atoms. The number of aliphatic hydroxyl groups is 1. The number of carboxylic acid groups (broad SMARTS) is 1. The second-order valence-corrected chi connectivity index (χ2v) is 4.67. The molecule has 98 valence electrons. The van der Waals surface area contributed by atoms with E-state index >= 15 is 0 Å². The minimum atomic E-state index is -1.35. The van der Waals surface area contributed by atoms with Crippen molar-refractivity contribution in [3.05, 3.63) is 18.2 Å². The van der Waals surface area contributed by atoms with Gasteiger partial charge in [-0.25, -0.2) is 10.2 Å². The zero-order valence-corrected chi connectivity index (χ0v) is 10.2. The number of ether oxygens (including phenoxy) is 1. The standard InChI is InChI=1S/C10H13N3O4S/c11-12-9-13(3-4-14)7-2-1-6(17-10(15)16)5-8(7)18-9/h1-2,5,9,12,14H,3-4,11H2,(H,15,16). The number of nitrogens with one attached hydrogen (secondary N) is 1. The van der Waals surface area contributed by atoms with E-state index in [0.29, 0.717) is 6.54 Å². The van der Waals surface area contributed by atoms with Crippen molar-refractivity contribution in [1.82, 2.24) is 5.43 Å². The fourth-order valence-electron chi connectivity index (χ4n) is 1.77. The topological polar surface area (TPSA) is 108 Å². The molecule has 0 aliphatic carbocycles. The minimum Gasteiger partial charge on any atom is -0.449 e. The van der Waals surface area contributed by atoms with Gasteiger partial charge in [0.1, 0.15) is 11.2 Å². The molecule has 1 aliphatic rings. The number of nitrogens with two attached hydrogens (primary N) is 1. The largest absolute Gasteiger partial charge is 0.511 e. The van der Waals surface area contributed by atoms with E-state index in [9.17, 15) is 4.79 Å². The van der Waals surface area contributed by atoms with Crippen molar-refractivity contribution < 1.29 is 19.7 Å². The van der Waals surface area contributed by atoms with Gasteiger partial charge in [-0.2, -0.15) is 0 Å². The van der Waals surface area contributed by atoms with E-state index in [0.717, 1.165) is 10.6 Å². The van der Waals surface area contributed by atoms with Gasteiger partial charge in [0.25, 0.3) is 0 Å². The van der Waals surface area contributed by atoms with Crippen molar-refractivity contribution in [2.24, 2.45) is 5.84 Å². The number of nitrogens with zero attached hydrogens (tertiary/aromatic N) is 1. The zero-order chi connectivity index (χ0) is 13.1. The molecule has 1 aliphatic heterocycles. The quantitative estimate of drug-likeness (QED) is 0.270. The number of β-amino-alcohol motifs (C(OH)–C–C–N with tert-alkyl or cyclic N) is 1. The van der Waals surface area contributed by atoms with Gasteiger partial charge in [0.2, 0.25) is 0 Å². The molecule has 0 aromatic heterocycles. The Labute approximate surface area is 107 Å². The molecule has 7 nitrogen and oxygen atoms in total. The number of carbonyl (C=O) groups is 1. The highest BCUT2D eigenvalue weighted by Crippen LogP contribution is 2.43. The molecule has 5 N–H and O–H groups in total. The van der Waals surface area contributed by atoms with Gasteiger partial charge >= 0.3 is 6.16 Å². The Balaban J connectivity index is 2.25. The lowest BCUT2D eigenvalue weighted by Crippen LogP contribution is -2.45. The summed E-state index contributed by atoms with van der Waals surface area (Å²) >= 11 is 1.43. The van der Waals surface area contributed by atoms with Crippen LogP contribution >= 0.6 is 11.8 Å². The van der Waals surface area contributed by atoms with Crippen molar-refractivity contribution in [3.63, 3.8) is 0 Å². The highest BCUT2D eigenvalue weighted by Gasteiger charge is 2.29. The molecule has 0 spiro atoms. The van der Waals surface area contributed by atoms with Crippen molar-refractivity contribution in [2.75, 3.05) is 18.1 Å². The summed E-state index contributed by atoms with van der Waals surface area (Å²) in [6, 6.07) is 4.94. The van der Waals surface area contributed by atoms with E-state index in [1.807, 2.05) is 4.90 Å². The molecule has 8 heteroatoms. The van der Waals surface area contributed by atoms with Crippen LogP contribution in [-0.2, 0) is 0 Å². The number of anilines is 1. The third-order valence-electron chi connectivity index (χ3n) is 2.45. The van der Waals surface area contributed by atoms with Crippen molar-refractivity contribution in [2.45, 2.75) is 10.4 Å². The molecule has 0 bridgehead atoms. The Morgan fingerprint density at radius 2 is 2.39 bits per heavy atom. The number of thioether (sulfide) groups is 1. The molecule has 0 saturated heterocycles. The number of aliphatic hydroxyl groups excluding tert-OH is 1. The predicted molar refractivity (Wildman–Crippen MR) is 66.5 cm³/mol.